The standard InChI is InChI=1S/C25H35N3O7/c1-5-6-7-8-21(30)28-23(16(2)3)25(34)27-20(13-14-22(31)32)24(33)26-19-11-9-18(10-12-19)15-35-17(4)29/h9-12,20,23H,2,5-8,13-15H2,1,3-4H3,(H,26,33)(H,27,34)(H,28,30)(H,31,32)/t20-,23-/m0/s1. The van der Waals surface area contributed by atoms with Crippen LogP contribution in [-0.2, 0) is 35.3 Å². The van der Waals surface area contributed by atoms with Gasteiger partial charge in [0.2, 0.25) is 17.7 Å². The number of amides is 3. The maximum absolute atomic E-state index is 12.9. The molecule has 0 saturated carbocycles. The summed E-state index contributed by atoms with van der Waals surface area (Å²) in [5, 5.41) is 16.9. The van der Waals surface area contributed by atoms with E-state index in [2.05, 4.69) is 22.5 Å². The lowest BCUT2D eigenvalue weighted by Crippen LogP contribution is -2.53. The van der Waals surface area contributed by atoms with Gasteiger partial charge < -0.3 is 25.8 Å². The number of nitrogens with one attached hydrogen (secondary N) is 3. The van der Waals surface area contributed by atoms with Gasteiger partial charge in [-0.2, -0.15) is 0 Å². The molecule has 2 atom stereocenters. The summed E-state index contributed by atoms with van der Waals surface area (Å²) in [7, 11) is 0. The van der Waals surface area contributed by atoms with Crippen molar-refractivity contribution in [2.45, 2.75) is 78.0 Å². The number of aliphatic carboxylic acids is 1. The molecule has 192 valence electrons. The van der Waals surface area contributed by atoms with Crippen molar-refractivity contribution >= 4 is 35.3 Å². The number of carboxylic acids is 1. The molecule has 0 aliphatic rings. The number of carboxylic acid groups (broad SMARTS) is 1. The van der Waals surface area contributed by atoms with Crippen LogP contribution in [0.1, 0.15) is 64.9 Å². The summed E-state index contributed by atoms with van der Waals surface area (Å²) >= 11 is 0. The monoisotopic (exact) mass is 489 g/mol. The van der Waals surface area contributed by atoms with Crippen LogP contribution in [0.25, 0.3) is 0 Å². The lowest BCUT2D eigenvalue weighted by Gasteiger charge is -2.23. The molecule has 0 saturated heterocycles. The number of carbonyl (C=O) groups is 5. The third kappa shape index (κ3) is 11.8. The summed E-state index contributed by atoms with van der Waals surface area (Å²) in [4.78, 5) is 59.9. The first kappa shape index (κ1) is 29.3. The van der Waals surface area contributed by atoms with E-state index in [-0.39, 0.29) is 31.8 Å². The lowest BCUT2D eigenvalue weighted by atomic mass is 10.1. The molecule has 0 heterocycles. The predicted molar refractivity (Wildman–Crippen MR) is 130 cm³/mol. The van der Waals surface area contributed by atoms with Crippen LogP contribution in [0, 0.1) is 0 Å². The molecule has 10 heteroatoms. The number of esters is 1. The fourth-order valence-corrected chi connectivity index (χ4v) is 3.07. The molecule has 35 heavy (non-hydrogen) atoms. The minimum atomic E-state index is -1.15. The third-order valence-electron chi connectivity index (χ3n) is 5.01. The molecule has 0 aromatic heterocycles. The average molecular weight is 490 g/mol. The summed E-state index contributed by atoms with van der Waals surface area (Å²) in [5.41, 5.74) is 1.51. The van der Waals surface area contributed by atoms with Crippen LogP contribution in [-0.4, -0.2) is 46.9 Å². The number of anilines is 1. The number of carbonyl (C=O) groups excluding carboxylic acids is 4. The largest absolute Gasteiger partial charge is 0.481 e. The molecular formula is C25H35N3O7. The minimum Gasteiger partial charge on any atom is -0.481 e. The van der Waals surface area contributed by atoms with Crippen molar-refractivity contribution in [1.82, 2.24) is 10.6 Å². The molecule has 10 nitrogen and oxygen atoms in total. The quantitative estimate of drug-likeness (QED) is 0.168. The summed E-state index contributed by atoms with van der Waals surface area (Å²) in [6.45, 7) is 8.74. The normalized spacial score (nSPS) is 12.1. The Bertz CT molecular complexity index is 912. The zero-order valence-corrected chi connectivity index (χ0v) is 20.5. The van der Waals surface area contributed by atoms with E-state index in [0.29, 0.717) is 23.2 Å². The van der Waals surface area contributed by atoms with Gasteiger partial charge in [0, 0.05) is 25.5 Å². The van der Waals surface area contributed by atoms with Gasteiger partial charge in [0.05, 0.1) is 0 Å². The average Bonchev–Trinajstić information content (AvgIpc) is 2.79. The first-order valence-corrected chi connectivity index (χ1v) is 11.5. The van der Waals surface area contributed by atoms with E-state index in [9.17, 15) is 24.0 Å². The molecule has 1 rings (SSSR count). The topological polar surface area (TPSA) is 151 Å². The van der Waals surface area contributed by atoms with Gasteiger partial charge >= 0.3 is 11.9 Å². The highest BCUT2D eigenvalue weighted by Crippen LogP contribution is 2.13. The van der Waals surface area contributed by atoms with Gasteiger partial charge in [-0.15, -0.1) is 0 Å². The zero-order valence-electron chi connectivity index (χ0n) is 20.5. The smallest absolute Gasteiger partial charge is 0.303 e. The first-order valence-electron chi connectivity index (χ1n) is 11.5. The van der Waals surface area contributed by atoms with Gasteiger partial charge in [-0.25, -0.2) is 0 Å². The molecule has 1 aromatic carbocycles. The Morgan fingerprint density at radius 3 is 2.17 bits per heavy atom. The lowest BCUT2D eigenvalue weighted by molar-refractivity contribution is -0.142. The van der Waals surface area contributed by atoms with Gasteiger partial charge in [-0.05, 0) is 43.0 Å². The van der Waals surface area contributed by atoms with Crippen LogP contribution >= 0.6 is 0 Å². The van der Waals surface area contributed by atoms with Crippen molar-refractivity contribution in [3.8, 4) is 0 Å². The van der Waals surface area contributed by atoms with Crippen molar-refractivity contribution in [1.29, 1.82) is 0 Å². The van der Waals surface area contributed by atoms with Crippen LogP contribution < -0.4 is 16.0 Å². The molecule has 0 aliphatic heterocycles. The fraction of sp³-hybridized carbons (Fsp3) is 0.480. The van der Waals surface area contributed by atoms with E-state index < -0.39 is 35.8 Å². The van der Waals surface area contributed by atoms with Crippen molar-refractivity contribution < 1.29 is 33.8 Å². The van der Waals surface area contributed by atoms with E-state index in [0.717, 1.165) is 12.8 Å². The molecule has 0 bridgehead atoms. The number of hydrogen-bond donors (Lipinski definition) is 4. The molecule has 0 aliphatic carbocycles. The number of ether oxygens (including phenoxy) is 1. The van der Waals surface area contributed by atoms with Crippen molar-refractivity contribution in [3.63, 3.8) is 0 Å². The fourth-order valence-electron chi connectivity index (χ4n) is 3.07. The SMILES string of the molecule is C=C(C)[C@H](NC(=O)CCCCC)C(=O)N[C@@H](CCC(=O)O)C(=O)Nc1ccc(COC(C)=O)cc1. The Balaban J connectivity index is 2.87. The minimum absolute atomic E-state index is 0.0906. The molecular weight excluding hydrogens is 454 g/mol. The van der Waals surface area contributed by atoms with E-state index in [1.165, 1.54) is 6.92 Å². The molecule has 1 aromatic rings. The van der Waals surface area contributed by atoms with Gasteiger partial charge in [0.25, 0.3) is 0 Å². The van der Waals surface area contributed by atoms with Crippen molar-refractivity contribution in [2.75, 3.05) is 5.32 Å². The maximum Gasteiger partial charge on any atom is 0.303 e. The number of benzene rings is 1. The Labute approximate surface area is 205 Å². The van der Waals surface area contributed by atoms with Gasteiger partial charge in [-0.3, -0.25) is 24.0 Å². The summed E-state index contributed by atoms with van der Waals surface area (Å²) in [6.07, 6.45) is 2.30. The maximum atomic E-state index is 12.9. The third-order valence-corrected chi connectivity index (χ3v) is 5.01. The second-order valence-electron chi connectivity index (χ2n) is 8.26. The molecule has 0 radical (unpaired) electrons. The number of unbranched alkanes of at least 4 members (excludes halogenated alkanes) is 2. The Morgan fingerprint density at radius 1 is 0.971 bits per heavy atom. The van der Waals surface area contributed by atoms with E-state index in [1.54, 1.807) is 31.2 Å². The van der Waals surface area contributed by atoms with Crippen molar-refractivity contribution in [2.24, 2.45) is 0 Å². The van der Waals surface area contributed by atoms with Gasteiger partial charge in [0.1, 0.15) is 18.7 Å². The van der Waals surface area contributed by atoms with Crippen LogP contribution in [0.5, 0.6) is 0 Å². The number of rotatable bonds is 15. The van der Waals surface area contributed by atoms with Gasteiger partial charge in [-0.1, -0.05) is 38.5 Å². The highest BCUT2D eigenvalue weighted by Gasteiger charge is 2.27. The molecule has 3 amide bonds. The number of hydrogen-bond acceptors (Lipinski definition) is 6. The molecule has 0 spiro atoms. The van der Waals surface area contributed by atoms with Gasteiger partial charge in [0.15, 0.2) is 0 Å². The van der Waals surface area contributed by atoms with Crippen LogP contribution in [0.2, 0.25) is 0 Å². The zero-order chi connectivity index (χ0) is 26.4. The predicted octanol–water partition coefficient (Wildman–Crippen LogP) is 2.68. The van der Waals surface area contributed by atoms with Crippen molar-refractivity contribution in [3.05, 3.63) is 42.0 Å². The Kier molecular flexibility index (Phi) is 12.8. The Hall–Kier alpha value is -3.69. The highest BCUT2D eigenvalue weighted by molar-refractivity contribution is 5.99. The van der Waals surface area contributed by atoms with Crippen LogP contribution in [0.4, 0.5) is 5.69 Å². The first-order chi connectivity index (χ1) is 16.5. The highest BCUT2D eigenvalue weighted by atomic mass is 16.5. The molecule has 0 fully saturated rings. The van der Waals surface area contributed by atoms with Crippen LogP contribution in [0.15, 0.2) is 36.4 Å². The van der Waals surface area contributed by atoms with Crippen LogP contribution in [0.3, 0.4) is 0 Å². The summed E-state index contributed by atoms with van der Waals surface area (Å²) < 4.78 is 4.92. The van der Waals surface area contributed by atoms with E-state index in [4.69, 9.17) is 9.84 Å². The van der Waals surface area contributed by atoms with E-state index >= 15 is 0 Å². The van der Waals surface area contributed by atoms with E-state index in [1.807, 2.05) is 6.92 Å². The summed E-state index contributed by atoms with van der Waals surface area (Å²) in [5.74, 6) is -3.09. The molecule has 0 unspecified atom stereocenters. The second kappa shape index (κ2) is 15.3. The summed E-state index contributed by atoms with van der Waals surface area (Å²) in [6, 6.07) is 4.31. The Morgan fingerprint density at radius 2 is 1.63 bits per heavy atom. The second-order valence-corrected chi connectivity index (χ2v) is 8.26. The molecule has 4 N–H and O–H groups in total.